The predicted molar refractivity (Wildman–Crippen MR) is 47.9 cm³/mol. The van der Waals surface area contributed by atoms with E-state index in [0.29, 0.717) is 6.07 Å². The van der Waals surface area contributed by atoms with Gasteiger partial charge in [-0.3, -0.25) is 10.1 Å². The first kappa shape index (κ1) is 11.4. The number of hydrogen-bond acceptors (Lipinski definition) is 3. The van der Waals surface area contributed by atoms with Crippen LogP contribution in [0.25, 0.3) is 0 Å². The second kappa shape index (κ2) is 3.45. The van der Waals surface area contributed by atoms with Crippen LogP contribution in [0.5, 0.6) is 0 Å². The molecule has 0 spiro atoms. The van der Waals surface area contributed by atoms with Gasteiger partial charge in [-0.05, 0) is 0 Å². The lowest BCUT2D eigenvalue weighted by atomic mass is 9.92. The minimum Gasteiger partial charge on any atom is -0.393 e. The fraction of sp³-hybridized carbons (Fsp3) is 0.143. The van der Waals surface area contributed by atoms with Crippen molar-refractivity contribution in [3.05, 3.63) is 27.8 Å². The monoisotopic (exact) mass is 216 g/mol. The molecule has 0 fully saturated rings. The van der Waals surface area contributed by atoms with E-state index in [1.54, 1.807) is 0 Å². The van der Waals surface area contributed by atoms with E-state index in [9.17, 15) is 23.3 Å². The van der Waals surface area contributed by atoms with E-state index in [-0.39, 0.29) is 5.46 Å². The highest BCUT2D eigenvalue weighted by Gasteiger charge is 2.36. The lowest BCUT2D eigenvalue weighted by molar-refractivity contribution is -0.384. The number of nitrogen functional groups attached to an aromatic ring is 1. The molecule has 0 aliphatic carbocycles. The first-order valence-electron chi connectivity index (χ1n) is 3.64. The van der Waals surface area contributed by atoms with Gasteiger partial charge < -0.3 is 5.73 Å². The third-order valence-corrected chi connectivity index (χ3v) is 1.68. The zero-order chi connectivity index (χ0) is 11.8. The van der Waals surface area contributed by atoms with Crippen LogP contribution in [0.4, 0.5) is 24.5 Å². The molecule has 1 aromatic carbocycles. The Morgan fingerprint density at radius 3 is 2.33 bits per heavy atom. The highest BCUT2D eigenvalue weighted by molar-refractivity contribution is 6.32. The number of alkyl halides is 3. The van der Waals surface area contributed by atoms with Crippen LogP contribution < -0.4 is 11.2 Å². The van der Waals surface area contributed by atoms with Crippen LogP contribution in [0, 0.1) is 10.1 Å². The minimum atomic E-state index is -4.76. The van der Waals surface area contributed by atoms with Gasteiger partial charge in [0.1, 0.15) is 13.5 Å². The third-order valence-electron chi connectivity index (χ3n) is 1.68. The van der Waals surface area contributed by atoms with Gasteiger partial charge in [-0.1, -0.05) is 11.5 Å². The van der Waals surface area contributed by atoms with Crippen molar-refractivity contribution in [2.45, 2.75) is 6.18 Å². The number of anilines is 1. The third kappa shape index (κ3) is 2.20. The van der Waals surface area contributed by atoms with Crippen molar-refractivity contribution in [2.75, 3.05) is 5.73 Å². The summed E-state index contributed by atoms with van der Waals surface area (Å²) in [4.78, 5) is 9.34. The average Bonchev–Trinajstić information content (AvgIpc) is 2.06. The summed E-state index contributed by atoms with van der Waals surface area (Å²) < 4.78 is 36.9. The molecule has 1 aromatic rings. The summed E-state index contributed by atoms with van der Waals surface area (Å²) in [7, 11) is 5.10. The number of halogens is 3. The van der Waals surface area contributed by atoms with Crippen LogP contribution in [0.2, 0.25) is 0 Å². The van der Waals surface area contributed by atoms with E-state index in [2.05, 4.69) is 0 Å². The van der Waals surface area contributed by atoms with Gasteiger partial charge >= 0.3 is 6.18 Å². The Bertz CT molecular complexity index is 419. The maximum absolute atomic E-state index is 12.3. The minimum absolute atomic E-state index is 0.358. The molecule has 0 bridgehead atoms. The largest absolute Gasteiger partial charge is 0.418 e. The molecule has 0 aliphatic rings. The Labute approximate surface area is 83.4 Å². The zero-order valence-corrected chi connectivity index (χ0v) is 7.21. The predicted octanol–water partition coefficient (Wildman–Crippen LogP) is 0.990. The molecule has 0 amide bonds. The molecular weight excluding hydrogens is 212 g/mol. The molecule has 4 nitrogen and oxygen atoms in total. The van der Waals surface area contributed by atoms with Crippen LogP contribution in [-0.4, -0.2) is 12.8 Å². The number of rotatable bonds is 1. The van der Waals surface area contributed by atoms with Crippen molar-refractivity contribution < 1.29 is 18.1 Å². The van der Waals surface area contributed by atoms with Crippen LogP contribution >= 0.6 is 0 Å². The second-order valence-corrected chi connectivity index (χ2v) is 2.76. The fourth-order valence-corrected chi connectivity index (χ4v) is 1.05. The van der Waals surface area contributed by atoms with E-state index >= 15 is 0 Å². The van der Waals surface area contributed by atoms with Crippen LogP contribution in [0.3, 0.4) is 0 Å². The number of hydrogen-bond donors (Lipinski definition) is 1. The van der Waals surface area contributed by atoms with Crippen LogP contribution in [-0.2, 0) is 6.18 Å². The van der Waals surface area contributed by atoms with E-state index in [0.717, 1.165) is 6.07 Å². The van der Waals surface area contributed by atoms with E-state index in [4.69, 9.17) is 13.6 Å². The Morgan fingerprint density at radius 2 is 1.93 bits per heavy atom. The lowest BCUT2D eigenvalue weighted by Crippen LogP contribution is -2.16. The number of nitrogens with zero attached hydrogens (tertiary/aromatic N) is 1. The van der Waals surface area contributed by atoms with Crippen molar-refractivity contribution in [3.63, 3.8) is 0 Å². The zero-order valence-electron chi connectivity index (χ0n) is 7.21. The van der Waals surface area contributed by atoms with E-state index in [1.807, 2.05) is 0 Å². The lowest BCUT2D eigenvalue weighted by Gasteiger charge is -2.10. The fourth-order valence-electron chi connectivity index (χ4n) is 1.05. The van der Waals surface area contributed by atoms with Gasteiger partial charge in [-0.2, -0.15) is 13.2 Å². The van der Waals surface area contributed by atoms with Crippen molar-refractivity contribution in [1.29, 1.82) is 0 Å². The normalized spacial score (nSPS) is 11.4. The molecule has 0 unspecified atom stereocenters. The SMILES string of the molecule is [B]c1cc([N+](=O)[O-])c(N)c(C(F)(F)F)c1. The molecule has 15 heavy (non-hydrogen) atoms. The van der Waals surface area contributed by atoms with Crippen molar-refractivity contribution in [2.24, 2.45) is 0 Å². The summed E-state index contributed by atoms with van der Waals surface area (Å²) >= 11 is 0. The molecular formula is C7H4BF3N2O2. The van der Waals surface area contributed by atoms with Gasteiger partial charge in [-0.15, -0.1) is 0 Å². The topological polar surface area (TPSA) is 69.2 Å². The van der Waals surface area contributed by atoms with Gasteiger partial charge in [0.25, 0.3) is 5.69 Å². The van der Waals surface area contributed by atoms with Gasteiger partial charge in [-0.25, -0.2) is 0 Å². The van der Waals surface area contributed by atoms with Crippen molar-refractivity contribution >= 4 is 24.7 Å². The van der Waals surface area contributed by atoms with Crippen molar-refractivity contribution in [1.82, 2.24) is 0 Å². The second-order valence-electron chi connectivity index (χ2n) is 2.76. The molecule has 0 heterocycles. The molecule has 0 aromatic heterocycles. The molecule has 8 heteroatoms. The summed E-state index contributed by atoms with van der Waals surface area (Å²) in [5.74, 6) is 0. The molecule has 78 valence electrons. The summed E-state index contributed by atoms with van der Waals surface area (Å²) in [6, 6.07) is 1.34. The van der Waals surface area contributed by atoms with Gasteiger partial charge in [0.2, 0.25) is 0 Å². The van der Waals surface area contributed by atoms with Gasteiger partial charge in [0.15, 0.2) is 0 Å². The summed E-state index contributed by atoms with van der Waals surface area (Å²) in [6.45, 7) is 0. The molecule has 2 N–H and O–H groups in total. The first-order chi connectivity index (χ1) is 6.73. The maximum Gasteiger partial charge on any atom is 0.418 e. The van der Waals surface area contributed by atoms with E-state index < -0.39 is 28.0 Å². The Hall–Kier alpha value is -1.73. The molecule has 2 radical (unpaired) electrons. The molecule has 0 aliphatic heterocycles. The number of nitro groups is 1. The summed E-state index contributed by atoms with van der Waals surface area (Å²) in [5, 5.41) is 10.4. The smallest absolute Gasteiger partial charge is 0.393 e. The van der Waals surface area contributed by atoms with Crippen molar-refractivity contribution in [3.8, 4) is 0 Å². The molecule has 0 saturated carbocycles. The van der Waals surface area contributed by atoms with Gasteiger partial charge in [0, 0.05) is 6.07 Å². The van der Waals surface area contributed by atoms with Gasteiger partial charge in [0.05, 0.1) is 10.5 Å². The molecule has 0 saturated heterocycles. The Morgan fingerprint density at radius 1 is 1.40 bits per heavy atom. The Balaban J connectivity index is 3.49. The Kier molecular flexibility index (Phi) is 2.61. The maximum atomic E-state index is 12.3. The molecule has 1 rings (SSSR count). The van der Waals surface area contributed by atoms with Crippen LogP contribution in [0.15, 0.2) is 12.1 Å². The number of nitrogens with two attached hydrogens (primary N) is 1. The highest BCUT2D eigenvalue weighted by Crippen LogP contribution is 2.36. The number of benzene rings is 1. The quantitative estimate of drug-likeness (QED) is 0.329. The van der Waals surface area contributed by atoms with E-state index in [1.165, 1.54) is 0 Å². The van der Waals surface area contributed by atoms with Crippen LogP contribution in [0.1, 0.15) is 5.56 Å². The highest BCUT2D eigenvalue weighted by atomic mass is 19.4. The average molecular weight is 216 g/mol. The first-order valence-corrected chi connectivity index (χ1v) is 3.64. The summed E-state index contributed by atoms with van der Waals surface area (Å²) in [5.41, 5.74) is 1.59. The summed E-state index contributed by atoms with van der Waals surface area (Å²) in [6.07, 6.45) is -4.76. The number of nitro benzene ring substituents is 1. The standard InChI is InChI=1S/C7H4BF3N2O2/c8-3-1-4(7(9,10)11)6(12)5(2-3)13(14)15/h1-2H,12H2. The molecule has 0 atom stereocenters.